The van der Waals surface area contributed by atoms with Gasteiger partial charge in [-0.05, 0) is 25.0 Å². The van der Waals surface area contributed by atoms with Crippen LogP contribution >= 0.6 is 0 Å². The van der Waals surface area contributed by atoms with Crippen molar-refractivity contribution in [1.29, 1.82) is 0 Å². The molecule has 0 bridgehead atoms. The number of rotatable bonds is 3. The molecule has 1 aliphatic carbocycles. The second-order valence-corrected chi connectivity index (χ2v) is 4.69. The first kappa shape index (κ1) is 12.6. The monoisotopic (exact) mass is 269 g/mol. The summed E-state index contributed by atoms with van der Waals surface area (Å²) in [5, 5.41) is 3.13. The molecule has 0 aliphatic heterocycles. The van der Waals surface area contributed by atoms with Gasteiger partial charge in [-0.15, -0.1) is 0 Å². The van der Waals surface area contributed by atoms with Crippen LogP contribution in [0.2, 0.25) is 0 Å². The summed E-state index contributed by atoms with van der Waals surface area (Å²) in [6.07, 6.45) is 3.91. The van der Waals surface area contributed by atoms with Crippen molar-refractivity contribution in [3.05, 3.63) is 41.7 Å². The van der Waals surface area contributed by atoms with E-state index < -0.39 is 0 Å². The third kappa shape index (κ3) is 2.47. The fraction of sp³-hybridized carbons (Fsp3) is 0.267. The molecule has 0 fully saturated rings. The van der Waals surface area contributed by atoms with E-state index in [-0.39, 0.29) is 5.78 Å². The predicted octanol–water partition coefficient (Wildman–Crippen LogP) is 2.75. The van der Waals surface area contributed by atoms with Crippen LogP contribution < -0.4 is 10.1 Å². The van der Waals surface area contributed by atoms with Gasteiger partial charge in [-0.2, -0.15) is 0 Å². The Labute approximate surface area is 117 Å². The molecule has 1 aromatic carbocycles. The Balaban J connectivity index is 1.86. The highest BCUT2D eigenvalue weighted by Gasteiger charge is 2.19. The zero-order valence-electron chi connectivity index (χ0n) is 11.2. The van der Waals surface area contributed by atoms with Gasteiger partial charge < -0.3 is 10.1 Å². The van der Waals surface area contributed by atoms with Crippen LogP contribution in [-0.4, -0.2) is 22.9 Å². The van der Waals surface area contributed by atoms with Crippen LogP contribution in [0.15, 0.2) is 30.5 Å². The van der Waals surface area contributed by atoms with Crippen molar-refractivity contribution in [2.24, 2.45) is 0 Å². The number of carbonyl (C=O) groups excluding carboxylic acids is 1. The van der Waals surface area contributed by atoms with E-state index in [0.29, 0.717) is 17.9 Å². The molecule has 5 nitrogen and oxygen atoms in total. The molecular formula is C15H15N3O2. The van der Waals surface area contributed by atoms with Gasteiger partial charge in [0.1, 0.15) is 5.75 Å². The van der Waals surface area contributed by atoms with Gasteiger partial charge in [0.2, 0.25) is 5.95 Å². The number of ketones is 1. The van der Waals surface area contributed by atoms with Crippen molar-refractivity contribution in [3.8, 4) is 5.75 Å². The summed E-state index contributed by atoms with van der Waals surface area (Å²) in [4.78, 5) is 20.4. The molecule has 1 aliphatic rings. The Hall–Kier alpha value is -2.43. The summed E-state index contributed by atoms with van der Waals surface area (Å²) < 4.78 is 5.17. The van der Waals surface area contributed by atoms with Gasteiger partial charge in [-0.1, -0.05) is 6.07 Å². The Kier molecular flexibility index (Phi) is 3.33. The number of nitrogens with one attached hydrogen (secondary N) is 1. The first-order chi connectivity index (χ1) is 9.76. The molecule has 0 saturated carbocycles. The Morgan fingerprint density at radius 1 is 1.30 bits per heavy atom. The standard InChI is InChI=1S/C15H15N3O2/c1-20-11-5-2-4-10(8-11)17-15-16-9-12-13(18-15)6-3-7-14(12)19/h2,4-5,8-9H,3,6-7H2,1H3,(H,16,17,18). The molecule has 2 aromatic rings. The highest BCUT2D eigenvalue weighted by atomic mass is 16.5. The number of hydrogen-bond acceptors (Lipinski definition) is 5. The molecule has 0 saturated heterocycles. The van der Waals surface area contributed by atoms with Gasteiger partial charge in [0.15, 0.2) is 5.78 Å². The Bertz CT molecular complexity index is 655. The van der Waals surface area contributed by atoms with Crippen molar-refractivity contribution in [1.82, 2.24) is 9.97 Å². The van der Waals surface area contributed by atoms with Gasteiger partial charge in [0, 0.05) is 24.4 Å². The molecule has 0 spiro atoms. The van der Waals surface area contributed by atoms with Crippen LogP contribution in [0, 0.1) is 0 Å². The molecule has 5 heteroatoms. The normalized spacial score (nSPS) is 13.8. The van der Waals surface area contributed by atoms with Crippen molar-refractivity contribution >= 4 is 17.4 Å². The maximum atomic E-state index is 11.7. The van der Waals surface area contributed by atoms with E-state index in [9.17, 15) is 4.79 Å². The minimum atomic E-state index is 0.138. The molecule has 0 radical (unpaired) electrons. The van der Waals surface area contributed by atoms with E-state index in [1.807, 2.05) is 24.3 Å². The van der Waals surface area contributed by atoms with Crippen molar-refractivity contribution in [2.75, 3.05) is 12.4 Å². The molecule has 1 aromatic heterocycles. The average molecular weight is 269 g/mol. The number of nitrogens with zero attached hydrogens (tertiary/aromatic N) is 2. The second-order valence-electron chi connectivity index (χ2n) is 4.69. The Morgan fingerprint density at radius 3 is 3.05 bits per heavy atom. The van der Waals surface area contributed by atoms with Crippen LogP contribution in [0.4, 0.5) is 11.6 Å². The largest absolute Gasteiger partial charge is 0.497 e. The van der Waals surface area contributed by atoms with Gasteiger partial charge in [0.05, 0.1) is 18.4 Å². The van der Waals surface area contributed by atoms with Crippen LogP contribution in [0.1, 0.15) is 28.9 Å². The molecule has 1 heterocycles. The summed E-state index contributed by atoms with van der Waals surface area (Å²) in [5.74, 6) is 1.41. The minimum absolute atomic E-state index is 0.138. The average Bonchev–Trinajstić information content (AvgIpc) is 2.47. The molecule has 0 unspecified atom stereocenters. The zero-order chi connectivity index (χ0) is 13.9. The van der Waals surface area contributed by atoms with E-state index in [1.165, 1.54) is 0 Å². The molecule has 1 N–H and O–H groups in total. The lowest BCUT2D eigenvalue weighted by atomic mass is 9.96. The molecular weight excluding hydrogens is 254 g/mol. The number of aromatic nitrogens is 2. The molecule has 20 heavy (non-hydrogen) atoms. The second kappa shape index (κ2) is 5.28. The van der Waals surface area contributed by atoms with E-state index in [1.54, 1.807) is 13.3 Å². The number of carbonyl (C=O) groups is 1. The third-order valence-electron chi connectivity index (χ3n) is 3.31. The quantitative estimate of drug-likeness (QED) is 0.928. The Morgan fingerprint density at radius 2 is 2.20 bits per heavy atom. The fourth-order valence-electron chi connectivity index (χ4n) is 2.28. The van der Waals surface area contributed by atoms with Crippen LogP contribution in [0.25, 0.3) is 0 Å². The van der Waals surface area contributed by atoms with E-state index in [2.05, 4.69) is 15.3 Å². The lowest BCUT2D eigenvalue weighted by Gasteiger charge is -2.14. The van der Waals surface area contributed by atoms with Crippen LogP contribution in [0.5, 0.6) is 5.75 Å². The van der Waals surface area contributed by atoms with E-state index in [0.717, 1.165) is 30.0 Å². The van der Waals surface area contributed by atoms with Gasteiger partial charge in [-0.3, -0.25) is 4.79 Å². The number of benzene rings is 1. The van der Waals surface area contributed by atoms with Crippen LogP contribution in [-0.2, 0) is 6.42 Å². The topological polar surface area (TPSA) is 64.1 Å². The maximum absolute atomic E-state index is 11.7. The summed E-state index contributed by atoms with van der Waals surface area (Å²) >= 11 is 0. The van der Waals surface area contributed by atoms with Gasteiger partial charge in [0.25, 0.3) is 0 Å². The molecule has 0 atom stereocenters. The van der Waals surface area contributed by atoms with Gasteiger partial charge >= 0.3 is 0 Å². The third-order valence-corrected chi connectivity index (χ3v) is 3.31. The fourth-order valence-corrected chi connectivity index (χ4v) is 2.28. The number of ether oxygens (including phenoxy) is 1. The first-order valence-corrected chi connectivity index (χ1v) is 6.56. The molecule has 102 valence electrons. The van der Waals surface area contributed by atoms with Crippen LogP contribution in [0.3, 0.4) is 0 Å². The number of anilines is 2. The SMILES string of the molecule is COc1cccc(Nc2ncc3c(n2)CCCC3=O)c1. The van der Waals surface area contributed by atoms with E-state index >= 15 is 0 Å². The van der Waals surface area contributed by atoms with E-state index in [4.69, 9.17) is 4.74 Å². The summed E-state index contributed by atoms with van der Waals surface area (Å²) in [6.45, 7) is 0. The smallest absolute Gasteiger partial charge is 0.227 e. The lowest BCUT2D eigenvalue weighted by Crippen LogP contribution is -2.14. The summed E-state index contributed by atoms with van der Waals surface area (Å²) in [7, 11) is 1.63. The number of aryl methyl sites for hydroxylation is 1. The molecule has 3 rings (SSSR count). The van der Waals surface area contributed by atoms with Crippen molar-refractivity contribution in [2.45, 2.75) is 19.3 Å². The summed E-state index contributed by atoms with van der Waals surface area (Å²) in [6, 6.07) is 7.55. The lowest BCUT2D eigenvalue weighted by molar-refractivity contribution is 0.0971. The maximum Gasteiger partial charge on any atom is 0.227 e. The summed E-state index contributed by atoms with van der Waals surface area (Å²) in [5.41, 5.74) is 2.35. The predicted molar refractivity (Wildman–Crippen MR) is 75.6 cm³/mol. The van der Waals surface area contributed by atoms with Crippen molar-refractivity contribution in [3.63, 3.8) is 0 Å². The minimum Gasteiger partial charge on any atom is -0.497 e. The van der Waals surface area contributed by atoms with Crippen molar-refractivity contribution < 1.29 is 9.53 Å². The highest BCUT2D eigenvalue weighted by Crippen LogP contribution is 2.22. The van der Waals surface area contributed by atoms with Gasteiger partial charge in [-0.25, -0.2) is 9.97 Å². The number of Topliss-reactive ketones (excluding diaryl/α,β-unsaturated/α-hetero) is 1. The highest BCUT2D eigenvalue weighted by molar-refractivity contribution is 5.97. The zero-order valence-corrected chi connectivity index (χ0v) is 11.2. The number of methoxy groups -OCH3 is 1. The number of fused-ring (bicyclic) bond motifs is 1. The number of hydrogen-bond donors (Lipinski definition) is 1. The molecule has 0 amide bonds. The first-order valence-electron chi connectivity index (χ1n) is 6.56.